The largest absolute Gasteiger partial charge is 0.392 e. The van der Waals surface area contributed by atoms with Gasteiger partial charge in [0, 0.05) is 23.4 Å². The molecule has 0 aliphatic carbocycles. The van der Waals surface area contributed by atoms with Crippen LogP contribution in [0.25, 0.3) is 0 Å². The summed E-state index contributed by atoms with van der Waals surface area (Å²) in [6.07, 6.45) is 2.08. The van der Waals surface area contributed by atoms with Crippen molar-refractivity contribution in [1.82, 2.24) is 0 Å². The van der Waals surface area contributed by atoms with E-state index in [0.29, 0.717) is 10.8 Å². The Morgan fingerprint density at radius 3 is 2.82 bits per heavy atom. The number of aliphatic hydroxyl groups is 1. The van der Waals surface area contributed by atoms with Gasteiger partial charge in [-0.3, -0.25) is 0 Å². The van der Waals surface area contributed by atoms with E-state index in [1.807, 2.05) is 12.1 Å². The lowest BCUT2D eigenvalue weighted by Gasteiger charge is -2.21. The van der Waals surface area contributed by atoms with Crippen LogP contribution in [0.4, 0.5) is 0 Å². The Kier molecular flexibility index (Phi) is 4.43. The molecule has 17 heavy (non-hydrogen) atoms. The fourth-order valence-electron chi connectivity index (χ4n) is 1.84. The average molecular weight is 249 g/mol. The van der Waals surface area contributed by atoms with Crippen LogP contribution in [-0.2, 0) is 11.3 Å². The number of aliphatic hydroxyl groups excluding tert-OH is 1. The van der Waals surface area contributed by atoms with E-state index in [9.17, 15) is 0 Å². The summed E-state index contributed by atoms with van der Waals surface area (Å²) in [5.41, 5.74) is 1.45. The molecule has 1 aliphatic rings. The molecule has 0 radical (unpaired) electrons. The maximum absolute atomic E-state index is 9.10. The summed E-state index contributed by atoms with van der Waals surface area (Å²) in [6.45, 7) is 1.61. The number of rotatable bonds is 3. The molecule has 1 fully saturated rings. The summed E-state index contributed by atoms with van der Waals surface area (Å²) in [4.78, 5) is 1.01. The Labute approximate surface area is 105 Å². The van der Waals surface area contributed by atoms with Gasteiger partial charge in [0.25, 0.3) is 0 Å². The minimum Gasteiger partial charge on any atom is -0.392 e. The first-order chi connectivity index (χ1) is 8.33. The Morgan fingerprint density at radius 1 is 1.41 bits per heavy atom. The molecular weight excluding hydrogens is 234 g/mol. The van der Waals surface area contributed by atoms with Crippen molar-refractivity contribution in [3.8, 4) is 6.07 Å². The van der Waals surface area contributed by atoms with Gasteiger partial charge in [0.05, 0.1) is 12.2 Å². The molecular formula is C13H15NO2S. The van der Waals surface area contributed by atoms with Gasteiger partial charge in [0.2, 0.25) is 0 Å². The van der Waals surface area contributed by atoms with Gasteiger partial charge in [-0.05, 0) is 30.5 Å². The molecule has 0 bridgehead atoms. The van der Waals surface area contributed by atoms with Crippen molar-refractivity contribution in [2.75, 3.05) is 13.2 Å². The van der Waals surface area contributed by atoms with Crippen LogP contribution in [0, 0.1) is 11.3 Å². The first kappa shape index (κ1) is 12.4. The lowest BCUT2D eigenvalue weighted by atomic mass is 10.1. The molecule has 1 aromatic carbocycles. The summed E-state index contributed by atoms with van der Waals surface area (Å²) < 4.78 is 5.32. The highest BCUT2D eigenvalue weighted by molar-refractivity contribution is 8.00. The maximum atomic E-state index is 9.10. The van der Waals surface area contributed by atoms with Crippen molar-refractivity contribution >= 4 is 11.8 Å². The van der Waals surface area contributed by atoms with Crippen LogP contribution >= 0.6 is 11.8 Å². The van der Waals surface area contributed by atoms with Crippen molar-refractivity contribution in [3.05, 3.63) is 29.3 Å². The number of nitriles is 1. The van der Waals surface area contributed by atoms with Crippen molar-refractivity contribution in [1.29, 1.82) is 5.26 Å². The molecule has 0 amide bonds. The molecule has 0 unspecified atom stereocenters. The highest BCUT2D eigenvalue weighted by atomic mass is 32.2. The molecule has 90 valence electrons. The fraction of sp³-hybridized carbons (Fsp3) is 0.462. The Morgan fingerprint density at radius 2 is 2.18 bits per heavy atom. The van der Waals surface area contributed by atoms with Gasteiger partial charge in [-0.1, -0.05) is 6.07 Å². The zero-order valence-electron chi connectivity index (χ0n) is 9.56. The molecule has 1 saturated heterocycles. The zero-order chi connectivity index (χ0) is 12.1. The highest BCUT2D eigenvalue weighted by Crippen LogP contribution is 2.32. The van der Waals surface area contributed by atoms with Crippen LogP contribution in [0.2, 0.25) is 0 Å². The average Bonchev–Trinajstić information content (AvgIpc) is 2.40. The van der Waals surface area contributed by atoms with Crippen LogP contribution in [0.3, 0.4) is 0 Å². The third-order valence-corrected chi connectivity index (χ3v) is 4.22. The quantitative estimate of drug-likeness (QED) is 0.893. The summed E-state index contributed by atoms with van der Waals surface area (Å²) in [5.74, 6) is 0. The lowest BCUT2D eigenvalue weighted by Crippen LogP contribution is -2.17. The van der Waals surface area contributed by atoms with E-state index in [0.717, 1.165) is 36.5 Å². The third kappa shape index (κ3) is 3.22. The van der Waals surface area contributed by atoms with Crippen molar-refractivity contribution < 1.29 is 9.84 Å². The molecule has 0 spiro atoms. The van der Waals surface area contributed by atoms with Crippen molar-refractivity contribution in [2.24, 2.45) is 0 Å². The predicted molar refractivity (Wildman–Crippen MR) is 66.8 cm³/mol. The number of hydrogen-bond donors (Lipinski definition) is 1. The summed E-state index contributed by atoms with van der Waals surface area (Å²) in [6, 6.07) is 7.77. The third-order valence-electron chi connectivity index (χ3n) is 2.81. The van der Waals surface area contributed by atoms with Gasteiger partial charge in [-0.15, -0.1) is 11.8 Å². The standard InChI is InChI=1S/C13H15NO2S/c14-8-11-7-10(9-15)1-2-13(11)17-12-3-5-16-6-4-12/h1-2,7,12,15H,3-6,9H2. The van der Waals surface area contributed by atoms with Crippen LogP contribution < -0.4 is 0 Å². The Bertz CT molecular complexity index is 422. The number of nitrogens with zero attached hydrogens (tertiary/aromatic N) is 1. The maximum Gasteiger partial charge on any atom is 0.100 e. The number of hydrogen-bond acceptors (Lipinski definition) is 4. The zero-order valence-corrected chi connectivity index (χ0v) is 10.4. The number of ether oxygens (including phenoxy) is 1. The summed E-state index contributed by atoms with van der Waals surface area (Å²) >= 11 is 1.75. The lowest BCUT2D eigenvalue weighted by molar-refractivity contribution is 0.100. The molecule has 0 atom stereocenters. The van der Waals surface area contributed by atoms with Crippen LogP contribution in [0.5, 0.6) is 0 Å². The smallest absolute Gasteiger partial charge is 0.100 e. The Balaban J connectivity index is 2.12. The Hall–Kier alpha value is -1.02. The first-order valence-corrected chi connectivity index (χ1v) is 6.59. The monoisotopic (exact) mass is 249 g/mol. The molecule has 1 N–H and O–H groups in total. The van der Waals surface area contributed by atoms with E-state index in [-0.39, 0.29) is 6.61 Å². The van der Waals surface area contributed by atoms with Crippen LogP contribution in [-0.4, -0.2) is 23.6 Å². The van der Waals surface area contributed by atoms with Crippen molar-refractivity contribution in [2.45, 2.75) is 29.6 Å². The van der Waals surface area contributed by atoms with Crippen LogP contribution in [0.1, 0.15) is 24.0 Å². The van der Waals surface area contributed by atoms with E-state index >= 15 is 0 Å². The number of benzene rings is 1. The number of thioether (sulfide) groups is 1. The molecule has 0 aromatic heterocycles. The minimum atomic E-state index is -0.0170. The van der Waals surface area contributed by atoms with Gasteiger partial charge in [-0.2, -0.15) is 5.26 Å². The van der Waals surface area contributed by atoms with E-state index < -0.39 is 0 Å². The fourth-order valence-corrected chi connectivity index (χ4v) is 3.00. The normalized spacial score (nSPS) is 16.7. The summed E-state index contributed by atoms with van der Waals surface area (Å²) in [5, 5.41) is 18.7. The van der Waals surface area contributed by atoms with E-state index in [2.05, 4.69) is 6.07 Å². The molecule has 4 heteroatoms. The van der Waals surface area contributed by atoms with Gasteiger partial charge in [-0.25, -0.2) is 0 Å². The molecule has 1 aliphatic heterocycles. The van der Waals surface area contributed by atoms with E-state index in [1.165, 1.54) is 0 Å². The van der Waals surface area contributed by atoms with E-state index in [4.69, 9.17) is 15.1 Å². The molecule has 2 rings (SSSR count). The summed E-state index contributed by atoms with van der Waals surface area (Å²) in [7, 11) is 0. The van der Waals surface area contributed by atoms with E-state index in [1.54, 1.807) is 17.8 Å². The SMILES string of the molecule is N#Cc1cc(CO)ccc1SC1CCOCC1. The van der Waals surface area contributed by atoms with Gasteiger partial charge < -0.3 is 9.84 Å². The molecule has 3 nitrogen and oxygen atoms in total. The predicted octanol–water partition coefficient (Wildman–Crippen LogP) is 2.32. The molecule has 0 saturated carbocycles. The molecule has 1 heterocycles. The first-order valence-electron chi connectivity index (χ1n) is 5.72. The second-order valence-electron chi connectivity index (χ2n) is 4.03. The van der Waals surface area contributed by atoms with Gasteiger partial charge in [0.15, 0.2) is 0 Å². The van der Waals surface area contributed by atoms with Crippen LogP contribution in [0.15, 0.2) is 23.1 Å². The van der Waals surface area contributed by atoms with Gasteiger partial charge >= 0.3 is 0 Å². The second-order valence-corrected chi connectivity index (χ2v) is 5.37. The van der Waals surface area contributed by atoms with Gasteiger partial charge in [0.1, 0.15) is 6.07 Å². The second kappa shape index (κ2) is 6.06. The minimum absolute atomic E-state index is 0.0170. The highest BCUT2D eigenvalue weighted by Gasteiger charge is 2.16. The topological polar surface area (TPSA) is 53.2 Å². The molecule has 1 aromatic rings. The van der Waals surface area contributed by atoms with Crippen molar-refractivity contribution in [3.63, 3.8) is 0 Å².